The summed E-state index contributed by atoms with van der Waals surface area (Å²) in [6, 6.07) is 10.8. The average Bonchev–Trinajstić information content (AvgIpc) is 3.29. The summed E-state index contributed by atoms with van der Waals surface area (Å²) in [5, 5.41) is 6.29. The van der Waals surface area contributed by atoms with E-state index in [1.807, 2.05) is 0 Å². The number of carbonyl (C=O) groups excluding carboxylic acids is 3. The summed E-state index contributed by atoms with van der Waals surface area (Å²) in [6.07, 6.45) is 4.93. The average molecular weight is 586 g/mol. The number of nitrogens with one attached hydrogen (secondary N) is 2. The van der Waals surface area contributed by atoms with Crippen LogP contribution in [0.3, 0.4) is 0 Å². The fourth-order valence-electron chi connectivity index (χ4n) is 4.74. The molecule has 4 N–H and O–H groups in total. The minimum atomic E-state index is -1.29. The van der Waals surface area contributed by atoms with Gasteiger partial charge in [0.15, 0.2) is 5.69 Å². The number of nitrogens with two attached hydrogens (primary N) is 1. The molecule has 1 heterocycles. The summed E-state index contributed by atoms with van der Waals surface area (Å²) in [5.41, 5.74) is 5.78. The standard InChI is InChI=1S/C29H33ClFN5O3S/c1-29(2,3)34-27(38)24(17-13-15-18(30)16-14-17)36(21-12-8-7-11-20(21)31)28(39)25-22(32)23(35-40-25)26(37)33-19-9-5-4-6-10-19/h7-8,11-16,19,24H,4-6,9-10,32H2,1-3H3,(H,33,37)(H,34,38)/t24-/m0/s1. The number of benzene rings is 2. The molecule has 8 nitrogen and oxygen atoms in total. The van der Waals surface area contributed by atoms with Crippen molar-refractivity contribution in [2.24, 2.45) is 0 Å². The van der Waals surface area contributed by atoms with E-state index >= 15 is 4.39 Å². The lowest BCUT2D eigenvalue weighted by molar-refractivity contribution is -0.123. The zero-order valence-corrected chi connectivity index (χ0v) is 24.2. The van der Waals surface area contributed by atoms with Gasteiger partial charge in [-0.1, -0.05) is 55.1 Å². The first-order valence-electron chi connectivity index (χ1n) is 13.2. The van der Waals surface area contributed by atoms with Gasteiger partial charge in [-0.05, 0) is 75.0 Å². The Morgan fingerprint density at radius 2 is 1.73 bits per heavy atom. The van der Waals surface area contributed by atoms with Gasteiger partial charge in [0.05, 0.1) is 11.4 Å². The van der Waals surface area contributed by atoms with E-state index in [9.17, 15) is 14.4 Å². The number of para-hydroxylation sites is 1. The Balaban J connectivity index is 1.78. The number of nitrogens with zero attached hydrogens (tertiary/aromatic N) is 2. The molecule has 1 fully saturated rings. The highest BCUT2D eigenvalue weighted by atomic mass is 35.5. The van der Waals surface area contributed by atoms with Crippen LogP contribution >= 0.6 is 23.1 Å². The van der Waals surface area contributed by atoms with Gasteiger partial charge in [0, 0.05) is 16.6 Å². The molecule has 40 heavy (non-hydrogen) atoms. The van der Waals surface area contributed by atoms with Crippen LogP contribution < -0.4 is 21.3 Å². The van der Waals surface area contributed by atoms with Gasteiger partial charge in [0.1, 0.15) is 16.7 Å². The Morgan fingerprint density at radius 1 is 1.07 bits per heavy atom. The van der Waals surface area contributed by atoms with Gasteiger partial charge < -0.3 is 16.4 Å². The van der Waals surface area contributed by atoms with Crippen LogP contribution in [0.25, 0.3) is 0 Å². The minimum absolute atomic E-state index is 0.0202. The topological polar surface area (TPSA) is 117 Å². The van der Waals surface area contributed by atoms with Crippen molar-refractivity contribution in [1.29, 1.82) is 0 Å². The van der Waals surface area contributed by atoms with Crippen molar-refractivity contribution < 1.29 is 18.8 Å². The van der Waals surface area contributed by atoms with Gasteiger partial charge in [-0.15, -0.1) is 0 Å². The van der Waals surface area contributed by atoms with Crippen molar-refractivity contribution in [2.45, 2.75) is 70.5 Å². The quantitative estimate of drug-likeness (QED) is 0.320. The van der Waals surface area contributed by atoms with E-state index in [-0.39, 0.29) is 28.0 Å². The van der Waals surface area contributed by atoms with Crippen molar-refractivity contribution in [3.8, 4) is 0 Å². The first-order chi connectivity index (χ1) is 19.0. The van der Waals surface area contributed by atoms with Gasteiger partial charge in [-0.3, -0.25) is 19.3 Å². The van der Waals surface area contributed by atoms with E-state index in [0.29, 0.717) is 10.6 Å². The Kier molecular flexibility index (Phi) is 9.10. The molecule has 1 saturated carbocycles. The number of hydrogen-bond acceptors (Lipinski definition) is 6. The van der Waals surface area contributed by atoms with Crippen LogP contribution in [-0.2, 0) is 4.79 Å². The van der Waals surface area contributed by atoms with E-state index in [1.54, 1.807) is 51.1 Å². The van der Waals surface area contributed by atoms with Crippen LogP contribution in [0, 0.1) is 5.82 Å². The highest BCUT2D eigenvalue weighted by molar-refractivity contribution is 7.09. The van der Waals surface area contributed by atoms with Gasteiger partial charge in [-0.2, -0.15) is 4.37 Å². The number of carbonyl (C=O) groups is 3. The Hall–Kier alpha value is -3.50. The fraction of sp³-hybridized carbons (Fsp3) is 0.379. The molecule has 2 aromatic carbocycles. The van der Waals surface area contributed by atoms with E-state index < -0.39 is 35.1 Å². The molecule has 11 heteroatoms. The van der Waals surface area contributed by atoms with Crippen molar-refractivity contribution in [1.82, 2.24) is 15.0 Å². The van der Waals surface area contributed by atoms with Crippen LogP contribution in [0.15, 0.2) is 48.5 Å². The number of nitrogen functional groups attached to an aromatic ring is 1. The molecule has 0 spiro atoms. The third-order valence-electron chi connectivity index (χ3n) is 6.60. The summed E-state index contributed by atoms with van der Waals surface area (Å²) in [7, 11) is 0. The first-order valence-corrected chi connectivity index (χ1v) is 14.3. The summed E-state index contributed by atoms with van der Waals surface area (Å²) < 4.78 is 19.5. The van der Waals surface area contributed by atoms with E-state index in [0.717, 1.165) is 48.5 Å². The Morgan fingerprint density at radius 3 is 2.35 bits per heavy atom. The zero-order valence-electron chi connectivity index (χ0n) is 22.7. The maximum atomic E-state index is 15.3. The third kappa shape index (κ3) is 6.79. The van der Waals surface area contributed by atoms with E-state index in [4.69, 9.17) is 17.3 Å². The van der Waals surface area contributed by atoms with Crippen LogP contribution in [-0.4, -0.2) is 33.7 Å². The van der Waals surface area contributed by atoms with Gasteiger partial charge in [-0.25, -0.2) is 4.39 Å². The fourth-order valence-corrected chi connectivity index (χ4v) is 5.60. The lowest BCUT2D eigenvalue weighted by atomic mass is 9.95. The minimum Gasteiger partial charge on any atom is -0.395 e. The molecule has 0 aliphatic heterocycles. The molecule has 3 aromatic rings. The molecular weight excluding hydrogens is 553 g/mol. The molecule has 1 aliphatic carbocycles. The summed E-state index contributed by atoms with van der Waals surface area (Å²) >= 11 is 6.84. The number of anilines is 2. The van der Waals surface area contributed by atoms with Crippen molar-refractivity contribution in [2.75, 3.05) is 10.6 Å². The van der Waals surface area contributed by atoms with E-state index in [2.05, 4.69) is 15.0 Å². The molecule has 3 amide bonds. The molecule has 1 aromatic heterocycles. The number of hydrogen-bond donors (Lipinski definition) is 3. The lowest BCUT2D eigenvalue weighted by Gasteiger charge is -2.33. The Bertz CT molecular complexity index is 1380. The molecule has 1 atom stereocenters. The van der Waals surface area contributed by atoms with Gasteiger partial charge in [0.2, 0.25) is 5.91 Å². The number of halogens is 2. The highest BCUT2D eigenvalue weighted by Crippen LogP contribution is 2.35. The van der Waals surface area contributed by atoms with Crippen molar-refractivity contribution in [3.63, 3.8) is 0 Å². The van der Waals surface area contributed by atoms with Crippen LogP contribution in [0.1, 0.15) is 84.6 Å². The smallest absolute Gasteiger partial charge is 0.273 e. The largest absolute Gasteiger partial charge is 0.395 e. The highest BCUT2D eigenvalue weighted by Gasteiger charge is 2.38. The summed E-state index contributed by atoms with van der Waals surface area (Å²) in [5.74, 6) is -2.47. The molecule has 4 rings (SSSR count). The van der Waals surface area contributed by atoms with Gasteiger partial charge >= 0.3 is 0 Å². The molecule has 0 bridgehead atoms. The molecule has 1 aliphatic rings. The second-order valence-electron chi connectivity index (χ2n) is 10.9. The van der Waals surface area contributed by atoms with Crippen LogP contribution in [0.4, 0.5) is 15.8 Å². The first kappa shape index (κ1) is 29.5. The van der Waals surface area contributed by atoms with Crippen LogP contribution in [0.5, 0.6) is 0 Å². The lowest BCUT2D eigenvalue weighted by Crippen LogP contribution is -2.49. The van der Waals surface area contributed by atoms with Crippen molar-refractivity contribution >= 4 is 52.2 Å². The second-order valence-corrected chi connectivity index (χ2v) is 12.1. The molecule has 212 valence electrons. The SMILES string of the molecule is CC(C)(C)NC(=O)[C@H](c1ccc(Cl)cc1)N(C(=O)c1snc(C(=O)NC2CCCCC2)c1N)c1ccccc1F. The molecule has 0 saturated heterocycles. The Labute approximate surface area is 242 Å². The second kappa shape index (κ2) is 12.3. The van der Waals surface area contributed by atoms with Crippen molar-refractivity contribution in [3.05, 3.63) is 75.5 Å². The summed E-state index contributed by atoms with van der Waals surface area (Å²) in [6.45, 7) is 5.41. The van der Waals surface area contributed by atoms with Crippen LogP contribution in [0.2, 0.25) is 5.02 Å². The maximum absolute atomic E-state index is 15.3. The molecule has 0 unspecified atom stereocenters. The monoisotopic (exact) mass is 585 g/mol. The maximum Gasteiger partial charge on any atom is 0.273 e. The van der Waals surface area contributed by atoms with E-state index in [1.165, 1.54) is 18.2 Å². The third-order valence-corrected chi connectivity index (χ3v) is 7.70. The number of aromatic nitrogens is 1. The number of rotatable bonds is 7. The number of amides is 3. The zero-order chi connectivity index (χ0) is 29.0. The molecule has 0 radical (unpaired) electrons. The molecular formula is C29H33ClFN5O3S. The van der Waals surface area contributed by atoms with Gasteiger partial charge in [0.25, 0.3) is 11.8 Å². The summed E-state index contributed by atoms with van der Waals surface area (Å²) in [4.78, 5) is 42.0. The predicted octanol–water partition coefficient (Wildman–Crippen LogP) is 5.88. The normalized spacial score (nSPS) is 14.8. The predicted molar refractivity (Wildman–Crippen MR) is 156 cm³/mol.